The van der Waals surface area contributed by atoms with E-state index in [-0.39, 0.29) is 16.3 Å². The maximum atomic E-state index is 13.8. The lowest BCUT2D eigenvalue weighted by Crippen LogP contribution is -2.35. The number of nitrogens with one attached hydrogen (secondary N) is 1. The quantitative estimate of drug-likeness (QED) is 0.519. The van der Waals surface area contributed by atoms with Crippen LogP contribution in [0.2, 0.25) is 5.02 Å². The molecule has 1 saturated heterocycles. The van der Waals surface area contributed by atoms with E-state index in [9.17, 15) is 17.6 Å². The van der Waals surface area contributed by atoms with Gasteiger partial charge in [-0.3, -0.25) is 4.79 Å². The number of carbonyl (C=O) groups is 1. The molecule has 0 radical (unpaired) electrons. The normalized spacial score (nSPS) is 14.8. The van der Waals surface area contributed by atoms with Crippen molar-refractivity contribution in [1.82, 2.24) is 9.62 Å². The minimum absolute atomic E-state index is 0.0777. The molecule has 174 valence electrons. The third kappa shape index (κ3) is 5.95. The molecule has 1 aliphatic heterocycles. The summed E-state index contributed by atoms with van der Waals surface area (Å²) in [5.41, 5.74) is 0.593. The molecule has 1 heterocycles. The van der Waals surface area contributed by atoms with Crippen LogP contribution in [0.4, 0.5) is 4.39 Å². The van der Waals surface area contributed by atoms with E-state index in [1.54, 1.807) is 12.1 Å². The number of thioether (sulfide) groups is 1. The number of methoxy groups -OCH3 is 1. The van der Waals surface area contributed by atoms with Gasteiger partial charge in [0.1, 0.15) is 11.6 Å². The molecule has 1 amide bonds. The third-order valence-electron chi connectivity index (χ3n) is 5.21. The molecule has 0 spiro atoms. The number of hydrogen-bond donors (Lipinski definition) is 1. The van der Waals surface area contributed by atoms with Crippen LogP contribution in [0.1, 0.15) is 35.2 Å². The van der Waals surface area contributed by atoms with Gasteiger partial charge >= 0.3 is 0 Å². The zero-order chi connectivity index (χ0) is 23.1. The number of rotatable bonds is 9. The van der Waals surface area contributed by atoms with Crippen molar-refractivity contribution >= 4 is 39.3 Å². The lowest BCUT2D eigenvalue weighted by atomic mass is 10.2. The fourth-order valence-corrected chi connectivity index (χ4v) is 6.20. The third-order valence-corrected chi connectivity index (χ3v) is 8.44. The number of piperidine rings is 1. The standard InChI is InChI=1S/C22H26ClFN2O4S2/c1-30-21-9-8-16(32(28,29)26-11-3-2-4-12-26)14-17(21)22(27)25-10-13-31-15-18-19(23)6-5-7-20(18)24/h5-9,14H,2-4,10-13,15H2,1H3,(H,25,27). The maximum absolute atomic E-state index is 13.8. The van der Waals surface area contributed by atoms with Crippen molar-refractivity contribution in [2.24, 2.45) is 0 Å². The number of benzene rings is 2. The largest absolute Gasteiger partial charge is 0.496 e. The highest BCUT2D eigenvalue weighted by Crippen LogP contribution is 2.27. The highest BCUT2D eigenvalue weighted by Gasteiger charge is 2.27. The predicted molar refractivity (Wildman–Crippen MR) is 126 cm³/mol. The number of nitrogens with zero attached hydrogens (tertiary/aromatic N) is 1. The molecule has 1 N–H and O–H groups in total. The lowest BCUT2D eigenvalue weighted by Gasteiger charge is -2.26. The van der Waals surface area contributed by atoms with E-state index in [4.69, 9.17) is 16.3 Å². The minimum Gasteiger partial charge on any atom is -0.496 e. The summed E-state index contributed by atoms with van der Waals surface area (Å²) < 4.78 is 46.5. The van der Waals surface area contributed by atoms with E-state index in [0.717, 1.165) is 19.3 Å². The Labute approximate surface area is 197 Å². The van der Waals surface area contributed by atoms with E-state index in [2.05, 4.69) is 5.32 Å². The van der Waals surface area contributed by atoms with Gasteiger partial charge in [0.05, 0.1) is 17.6 Å². The lowest BCUT2D eigenvalue weighted by molar-refractivity contribution is 0.0953. The van der Waals surface area contributed by atoms with Gasteiger partial charge in [-0.1, -0.05) is 24.1 Å². The minimum atomic E-state index is -3.67. The first-order chi connectivity index (χ1) is 15.3. The van der Waals surface area contributed by atoms with Gasteiger partial charge in [0, 0.05) is 41.7 Å². The molecule has 32 heavy (non-hydrogen) atoms. The fraction of sp³-hybridized carbons (Fsp3) is 0.409. The second-order valence-corrected chi connectivity index (χ2v) is 10.8. The zero-order valence-electron chi connectivity index (χ0n) is 17.8. The summed E-state index contributed by atoms with van der Waals surface area (Å²) >= 11 is 7.46. The van der Waals surface area contributed by atoms with Crippen LogP contribution < -0.4 is 10.1 Å². The van der Waals surface area contributed by atoms with Crippen molar-refractivity contribution in [2.75, 3.05) is 32.5 Å². The van der Waals surface area contributed by atoms with Crippen LogP contribution in [0.25, 0.3) is 0 Å². The SMILES string of the molecule is COc1ccc(S(=O)(=O)N2CCCCC2)cc1C(=O)NCCSCc1c(F)cccc1Cl. The molecule has 2 aromatic rings. The molecule has 6 nitrogen and oxygen atoms in total. The van der Waals surface area contributed by atoms with Crippen LogP contribution >= 0.6 is 23.4 Å². The maximum Gasteiger partial charge on any atom is 0.255 e. The number of amides is 1. The second-order valence-electron chi connectivity index (χ2n) is 7.34. The van der Waals surface area contributed by atoms with Gasteiger partial charge in [0.25, 0.3) is 5.91 Å². The summed E-state index contributed by atoms with van der Waals surface area (Å²) in [6.45, 7) is 1.29. The summed E-state index contributed by atoms with van der Waals surface area (Å²) in [6.07, 6.45) is 2.68. The van der Waals surface area contributed by atoms with Gasteiger partial charge in [-0.25, -0.2) is 12.8 Å². The highest BCUT2D eigenvalue weighted by atomic mass is 35.5. The zero-order valence-corrected chi connectivity index (χ0v) is 20.2. The molecule has 2 aromatic carbocycles. The molecular weight excluding hydrogens is 475 g/mol. The van der Waals surface area contributed by atoms with Crippen LogP contribution in [0, 0.1) is 5.82 Å². The van der Waals surface area contributed by atoms with Crippen molar-refractivity contribution in [3.05, 3.63) is 58.4 Å². The van der Waals surface area contributed by atoms with Crippen LogP contribution in [-0.4, -0.2) is 51.1 Å². The molecule has 10 heteroatoms. The summed E-state index contributed by atoms with van der Waals surface area (Å²) in [6, 6.07) is 8.89. The number of carbonyl (C=O) groups excluding carboxylic acids is 1. The van der Waals surface area contributed by atoms with Crippen molar-refractivity contribution in [3.63, 3.8) is 0 Å². The Bertz CT molecular complexity index is 1040. The van der Waals surface area contributed by atoms with Gasteiger partial charge in [-0.05, 0) is 43.2 Å². The summed E-state index contributed by atoms with van der Waals surface area (Å²) in [5, 5.41) is 3.15. The average molecular weight is 501 g/mol. The van der Waals surface area contributed by atoms with Crippen LogP contribution in [0.5, 0.6) is 5.75 Å². The Hall–Kier alpha value is -1.81. The first-order valence-corrected chi connectivity index (χ1v) is 13.3. The fourth-order valence-electron chi connectivity index (χ4n) is 3.46. The van der Waals surface area contributed by atoms with Crippen LogP contribution in [-0.2, 0) is 15.8 Å². The van der Waals surface area contributed by atoms with Crippen molar-refractivity contribution in [3.8, 4) is 5.75 Å². The molecule has 0 aliphatic carbocycles. The molecular formula is C22H26ClFN2O4S2. The van der Waals surface area contributed by atoms with Crippen molar-refractivity contribution in [1.29, 1.82) is 0 Å². The molecule has 0 bridgehead atoms. The van der Waals surface area contributed by atoms with Gasteiger partial charge in [-0.15, -0.1) is 0 Å². The molecule has 0 saturated carbocycles. The van der Waals surface area contributed by atoms with Gasteiger partial charge in [0.15, 0.2) is 0 Å². The first kappa shape index (κ1) is 24.8. The van der Waals surface area contributed by atoms with Gasteiger partial charge < -0.3 is 10.1 Å². The van der Waals surface area contributed by atoms with E-state index in [1.165, 1.54) is 47.4 Å². The molecule has 0 atom stereocenters. The molecule has 0 aromatic heterocycles. The Morgan fingerprint density at radius 1 is 1.22 bits per heavy atom. The number of hydrogen-bond acceptors (Lipinski definition) is 5. The average Bonchev–Trinajstić information content (AvgIpc) is 2.80. The van der Waals surface area contributed by atoms with Crippen molar-refractivity contribution < 1.29 is 22.3 Å². The van der Waals surface area contributed by atoms with E-state index in [1.807, 2.05) is 0 Å². The Morgan fingerprint density at radius 3 is 2.66 bits per heavy atom. The number of sulfonamides is 1. The monoisotopic (exact) mass is 500 g/mol. The molecule has 1 fully saturated rings. The second kappa shape index (κ2) is 11.4. The van der Waals surface area contributed by atoms with Crippen LogP contribution in [0.3, 0.4) is 0 Å². The molecule has 3 rings (SSSR count). The summed E-state index contributed by atoms with van der Waals surface area (Å²) in [5.74, 6) is 0.428. The Kier molecular flexibility index (Phi) is 8.81. The smallest absolute Gasteiger partial charge is 0.255 e. The molecule has 0 unspecified atom stereocenters. The molecule has 1 aliphatic rings. The summed E-state index contributed by atoms with van der Waals surface area (Å²) in [4.78, 5) is 12.8. The predicted octanol–water partition coefficient (Wildman–Crippen LogP) is 4.33. The van der Waals surface area contributed by atoms with Gasteiger partial charge in [-0.2, -0.15) is 16.1 Å². The first-order valence-electron chi connectivity index (χ1n) is 10.3. The van der Waals surface area contributed by atoms with E-state index >= 15 is 0 Å². The number of ether oxygens (including phenoxy) is 1. The van der Waals surface area contributed by atoms with E-state index in [0.29, 0.717) is 47.5 Å². The van der Waals surface area contributed by atoms with E-state index < -0.39 is 15.9 Å². The van der Waals surface area contributed by atoms with Crippen LogP contribution in [0.15, 0.2) is 41.3 Å². The number of halogens is 2. The highest BCUT2D eigenvalue weighted by molar-refractivity contribution is 7.98. The Morgan fingerprint density at radius 2 is 1.97 bits per heavy atom. The van der Waals surface area contributed by atoms with Crippen molar-refractivity contribution in [2.45, 2.75) is 29.9 Å². The van der Waals surface area contributed by atoms with Gasteiger partial charge in [0.2, 0.25) is 10.0 Å². The topological polar surface area (TPSA) is 75.7 Å². The Balaban J connectivity index is 1.62. The summed E-state index contributed by atoms with van der Waals surface area (Å²) in [7, 11) is -2.24.